The molecular weight excluding hydrogens is 389 g/mol. The van der Waals surface area contributed by atoms with Gasteiger partial charge in [-0.2, -0.15) is 0 Å². The van der Waals surface area contributed by atoms with E-state index >= 15 is 0 Å². The second-order valence-corrected chi connectivity index (χ2v) is 7.19. The summed E-state index contributed by atoms with van der Waals surface area (Å²) in [4.78, 5) is 14.4. The van der Waals surface area contributed by atoms with Gasteiger partial charge in [-0.15, -0.1) is 0 Å². The lowest BCUT2D eigenvalue weighted by Crippen LogP contribution is -2.50. The summed E-state index contributed by atoms with van der Waals surface area (Å²) in [6.07, 6.45) is 5.24. The van der Waals surface area contributed by atoms with E-state index in [9.17, 15) is 9.90 Å². The molecule has 2 saturated heterocycles. The van der Waals surface area contributed by atoms with Crippen LogP contribution < -0.4 is 0 Å². The van der Waals surface area contributed by atoms with Gasteiger partial charge in [0.2, 0.25) is 0 Å². The highest BCUT2D eigenvalue weighted by Gasteiger charge is 2.50. The van der Waals surface area contributed by atoms with Crippen LogP contribution in [0.2, 0.25) is 0 Å². The highest BCUT2D eigenvalue weighted by atomic mass is 127. The quantitative estimate of drug-likeness (QED) is 0.763. The molecule has 0 radical (unpaired) electrons. The average molecular weight is 411 g/mol. The SMILES string of the molecule is Cc1ccc([C@H]2C[C@@H]3CC[C@H]([C@H]2C(=O)O)N3CC=CI)cc1. The molecule has 2 bridgehead atoms. The third kappa shape index (κ3) is 2.95. The lowest BCUT2D eigenvalue weighted by atomic mass is 9.76. The average Bonchev–Trinajstić information content (AvgIpc) is 2.76. The fourth-order valence-corrected chi connectivity index (χ4v) is 4.48. The summed E-state index contributed by atoms with van der Waals surface area (Å²) < 4.78 is 2.03. The second kappa shape index (κ2) is 6.71. The first-order valence-electron chi connectivity index (χ1n) is 7.92. The Kier molecular flexibility index (Phi) is 4.88. The number of aryl methyl sites for hydroxylation is 1. The third-order valence-electron chi connectivity index (χ3n) is 5.26. The lowest BCUT2D eigenvalue weighted by molar-refractivity contribution is -0.146. The van der Waals surface area contributed by atoms with Crippen LogP contribution in [0.1, 0.15) is 36.3 Å². The number of nitrogens with zero attached hydrogens (tertiary/aromatic N) is 1. The summed E-state index contributed by atoms with van der Waals surface area (Å²) in [6, 6.07) is 9.14. The third-order valence-corrected chi connectivity index (χ3v) is 5.77. The molecule has 1 aromatic rings. The van der Waals surface area contributed by atoms with Crippen LogP contribution in [-0.2, 0) is 4.79 Å². The fourth-order valence-electron chi connectivity index (χ4n) is 4.25. The van der Waals surface area contributed by atoms with Gasteiger partial charge in [-0.3, -0.25) is 9.69 Å². The lowest BCUT2D eigenvalue weighted by Gasteiger charge is -2.42. The molecular formula is C18H22INO2. The number of rotatable bonds is 4. The van der Waals surface area contributed by atoms with Gasteiger partial charge < -0.3 is 5.11 Å². The van der Waals surface area contributed by atoms with Crippen molar-refractivity contribution in [1.29, 1.82) is 0 Å². The molecule has 3 rings (SSSR count). The number of halogens is 1. The fraction of sp³-hybridized carbons (Fsp3) is 0.500. The Hall–Kier alpha value is -0.880. The van der Waals surface area contributed by atoms with Crippen LogP contribution in [0, 0.1) is 12.8 Å². The molecule has 0 spiro atoms. The first-order valence-corrected chi connectivity index (χ1v) is 9.16. The van der Waals surface area contributed by atoms with E-state index in [1.165, 1.54) is 11.1 Å². The summed E-state index contributed by atoms with van der Waals surface area (Å²) >= 11 is 2.23. The molecule has 0 amide bonds. The monoisotopic (exact) mass is 411 g/mol. The molecule has 0 aliphatic carbocycles. The van der Waals surface area contributed by atoms with E-state index in [-0.39, 0.29) is 17.9 Å². The number of piperidine rings is 1. The van der Waals surface area contributed by atoms with E-state index in [2.05, 4.69) is 64.8 Å². The molecule has 2 heterocycles. The van der Waals surface area contributed by atoms with Crippen molar-refractivity contribution in [2.24, 2.45) is 5.92 Å². The highest BCUT2D eigenvalue weighted by molar-refractivity contribution is 14.1. The Labute approximate surface area is 145 Å². The van der Waals surface area contributed by atoms with Gasteiger partial charge in [-0.05, 0) is 35.8 Å². The maximum atomic E-state index is 12.0. The van der Waals surface area contributed by atoms with Crippen molar-refractivity contribution < 1.29 is 9.90 Å². The molecule has 0 unspecified atom stereocenters. The van der Waals surface area contributed by atoms with Gasteiger partial charge in [-0.1, -0.05) is 58.5 Å². The number of aliphatic carboxylic acids is 1. The number of hydrogen-bond acceptors (Lipinski definition) is 2. The van der Waals surface area contributed by atoms with Crippen molar-refractivity contribution in [1.82, 2.24) is 4.90 Å². The maximum Gasteiger partial charge on any atom is 0.308 e. The van der Waals surface area contributed by atoms with Crippen molar-refractivity contribution in [3.63, 3.8) is 0 Å². The first kappa shape index (κ1) is 16.0. The summed E-state index contributed by atoms with van der Waals surface area (Å²) in [5.74, 6) is -0.779. The predicted octanol–water partition coefficient (Wildman–Crippen LogP) is 3.96. The van der Waals surface area contributed by atoms with Crippen molar-refractivity contribution in [3.8, 4) is 0 Å². The molecule has 2 aliphatic heterocycles. The summed E-state index contributed by atoms with van der Waals surface area (Å²) in [5, 5.41) is 9.84. The standard InChI is InChI=1S/C18H22INO2/c1-12-3-5-13(6-4-12)15-11-14-7-8-16(17(15)18(21)22)20(14)10-2-9-19/h2-6,9,14-17H,7-8,10-11H2,1H3,(H,21,22)/t14-,15+,16+,17-/m0/s1. The maximum absolute atomic E-state index is 12.0. The van der Waals surface area contributed by atoms with E-state index in [1.807, 2.05) is 4.08 Å². The molecule has 0 saturated carbocycles. The number of fused-ring (bicyclic) bond motifs is 2. The summed E-state index contributed by atoms with van der Waals surface area (Å²) in [6.45, 7) is 2.95. The van der Waals surface area contributed by atoms with E-state index < -0.39 is 5.97 Å². The van der Waals surface area contributed by atoms with Crippen molar-refractivity contribution >= 4 is 28.6 Å². The molecule has 22 heavy (non-hydrogen) atoms. The van der Waals surface area contributed by atoms with Crippen molar-refractivity contribution in [3.05, 3.63) is 45.6 Å². The molecule has 118 valence electrons. The van der Waals surface area contributed by atoms with Crippen LogP contribution in [0.15, 0.2) is 34.4 Å². The van der Waals surface area contributed by atoms with E-state index in [1.54, 1.807) is 0 Å². The second-order valence-electron chi connectivity index (χ2n) is 6.47. The van der Waals surface area contributed by atoms with Crippen molar-refractivity contribution in [2.75, 3.05) is 6.54 Å². The van der Waals surface area contributed by atoms with Crippen LogP contribution in [0.25, 0.3) is 0 Å². The van der Waals surface area contributed by atoms with Gasteiger partial charge >= 0.3 is 5.97 Å². The molecule has 2 fully saturated rings. The minimum Gasteiger partial charge on any atom is -0.481 e. The van der Waals surface area contributed by atoms with Crippen LogP contribution >= 0.6 is 22.6 Å². The summed E-state index contributed by atoms with van der Waals surface area (Å²) in [7, 11) is 0. The molecule has 4 atom stereocenters. The number of carboxylic acid groups (broad SMARTS) is 1. The van der Waals surface area contributed by atoms with E-state index in [0.29, 0.717) is 6.04 Å². The van der Waals surface area contributed by atoms with Gasteiger partial charge in [0, 0.05) is 24.5 Å². The zero-order chi connectivity index (χ0) is 15.7. The number of hydrogen-bond donors (Lipinski definition) is 1. The minimum absolute atomic E-state index is 0.149. The topological polar surface area (TPSA) is 40.5 Å². The molecule has 0 aromatic heterocycles. The smallest absolute Gasteiger partial charge is 0.308 e. The van der Waals surface area contributed by atoms with Gasteiger partial charge in [0.1, 0.15) is 0 Å². The molecule has 4 heteroatoms. The Bertz CT molecular complexity index is 569. The Morgan fingerprint density at radius 3 is 2.73 bits per heavy atom. The Balaban J connectivity index is 1.90. The largest absolute Gasteiger partial charge is 0.481 e. The van der Waals surface area contributed by atoms with Gasteiger partial charge in [-0.25, -0.2) is 0 Å². The minimum atomic E-state index is -0.639. The number of benzene rings is 1. The van der Waals surface area contributed by atoms with Crippen LogP contribution in [0.5, 0.6) is 0 Å². The number of carboxylic acids is 1. The zero-order valence-corrected chi connectivity index (χ0v) is 14.9. The Morgan fingerprint density at radius 1 is 1.36 bits per heavy atom. The molecule has 2 aliphatic rings. The van der Waals surface area contributed by atoms with Gasteiger partial charge in [0.15, 0.2) is 0 Å². The zero-order valence-electron chi connectivity index (χ0n) is 12.8. The van der Waals surface area contributed by atoms with Crippen LogP contribution in [0.3, 0.4) is 0 Å². The Morgan fingerprint density at radius 2 is 2.09 bits per heavy atom. The van der Waals surface area contributed by atoms with Crippen LogP contribution in [0.4, 0.5) is 0 Å². The summed E-state index contributed by atoms with van der Waals surface area (Å²) in [5.41, 5.74) is 2.42. The number of carbonyl (C=O) groups is 1. The van der Waals surface area contributed by atoms with E-state index in [0.717, 1.165) is 25.8 Å². The van der Waals surface area contributed by atoms with Crippen molar-refractivity contribution in [2.45, 2.75) is 44.2 Å². The normalized spacial score (nSPS) is 31.7. The van der Waals surface area contributed by atoms with Gasteiger partial charge in [0.05, 0.1) is 5.92 Å². The predicted molar refractivity (Wildman–Crippen MR) is 96.3 cm³/mol. The molecule has 1 aromatic carbocycles. The van der Waals surface area contributed by atoms with Crippen LogP contribution in [-0.4, -0.2) is 34.6 Å². The highest BCUT2D eigenvalue weighted by Crippen LogP contribution is 2.46. The first-order chi connectivity index (χ1) is 10.6. The molecule has 3 nitrogen and oxygen atoms in total. The van der Waals surface area contributed by atoms with Gasteiger partial charge in [0.25, 0.3) is 0 Å². The molecule has 1 N–H and O–H groups in total. The van der Waals surface area contributed by atoms with E-state index in [4.69, 9.17) is 0 Å².